The smallest absolute Gasteiger partial charge is 0.250 e. The van der Waals surface area contributed by atoms with Crippen molar-refractivity contribution in [3.8, 4) is 17.2 Å². The number of sulfone groups is 1. The van der Waals surface area contributed by atoms with Gasteiger partial charge >= 0.3 is 0 Å². The predicted octanol–water partition coefficient (Wildman–Crippen LogP) is 3.19. The van der Waals surface area contributed by atoms with E-state index in [2.05, 4.69) is 15.5 Å². The zero-order valence-electron chi connectivity index (χ0n) is 17.6. The highest BCUT2D eigenvalue weighted by molar-refractivity contribution is 7.90. The fourth-order valence-corrected chi connectivity index (χ4v) is 5.11. The molecule has 0 aliphatic carbocycles. The van der Waals surface area contributed by atoms with Crippen molar-refractivity contribution >= 4 is 38.3 Å². The van der Waals surface area contributed by atoms with Gasteiger partial charge in [-0.15, -0.1) is 10.2 Å². The summed E-state index contributed by atoms with van der Waals surface area (Å²) in [6, 6.07) is 11.5. The lowest BCUT2D eigenvalue weighted by Gasteiger charge is -2.12. The van der Waals surface area contributed by atoms with Crippen molar-refractivity contribution in [3.63, 3.8) is 0 Å². The number of hydrogen-bond acceptors (Lipinski definition) is 9. The molecule has 0 radical (unpaired) electrons. The molecule has 0 atom stereocenters. The minimum atomic E-state index is -3.55. The Kier molecular flexibility index (Phi) is 7.44. The minimum Gasteiger partial charge on any atom is -0.493 e. The third-order valence-electron chi connectivity index (χ3n) is 4.23. The second kappa shape index (κ2) is 10.2. The SMILES string of the molecule is COc1cc(/C=C/C(=O)Nc2nnc(CS(=O)(=O)c3ccccc3)s2)cc(OC)c1OC. The fraction of sp³-hybridized carbons (Fsp3) is 0.190. The van der Waals surface area contributed by atoms with E-state index in [0.717, 1.165) is 11.3 Å². The molecular weight excluding hydrogens is 454 g/mol. The van der Waals surface area contributed by atoms with Crippen LogP contribution in [-0.2, 0) is 20.4 Å². The zero-order chi connectivity index (χ0) is 23.1. The quantitative estimate of drug-likeness (QED) is 0.469. The molecule has 0 unspecified atom stereocenters. The average Bonchev–Trinajstić information content (AvgIpc) is 3.23. The number of nitrogens with one attached hydrogen (secondary N) is 1. The Hall–Kier alpha value is -3.44. The molecule has 3 aromatic rings. The van der Waals surface area contributed by atoms with Gasteiger partial charge in [0.25, 0.3) is 0 Å². The molecule has 0 aliphatic rings. The highest BCUT2D eigenvalue weighted by Gasteiger charge is 2.18. The molecule has 0 saturated heterocycles. The van der Waals surface area contributed by atoms with E-state index >= 15 is 0 Å². The van der Waals surface area contributed by atoms with Gasteiger partial charge in [-0.2, -0.15) is 0 Å². The largest absolute Gasteiger partial charge is 0.493 e. The number of methoxy groups -OCH3 is 3. The Morgan fingerprint density at radius 2 is 1.69 bits per heavy atom. The number of carbonyl (C=O) groups is 1. The first-order valence-corrected chi connectivity index (χ1v) is 11.7. The molecule has 0 fully saturated rings. The van der Waals surface area contributed by atoms with Crippen LogP contribution in [0.2, 0.25) is 0 Å². The van der Waals surface area contributed by atoms with Crippen LogP contribution in [0.3, 0.4) is 0 Å². The van der Waals surface area contributed by atoms with Gasteiger partial charge in [-0.3, -0.25) is 10.1 Å². The molecule has 2 aromatic carbocycles. The standard InChI is InChI=1S/C21H21N3O6S2/c1-28-16-11-14(12-17(29-2)20(16)30-3)9-10-18(25)22-21-24-23-19(31-21)13-32(26,27)15-7-5-4-6-8-15/h4-12H,13H2,1-3H3,(H,22,24,25)/b10-9+. The van der Waals surface area contributed by atoms with E-state index in [4.69, 9.17) is 14.2 Å². The minimum absolute atomic E-state index is 0.197. The molecule has 168 valence electrons. The lowest BCUT2D eigenvalue weighted by atomic mass is 10.1. The van der Waals surface area contributed by atoms with Gasteiger partial charge in [-0.05, 0) is 35.9 Å². The molecular formula is C21H21N3O6S2. The van der Waals surface area contributed by atoms with Crippen LogP contribution in [-0.4, -0.2) is 45.9 Å². The predicted molar refractivity (Wildman–Crippen MR) is 121 cm³/mol. The zero-order valence-corrected chi connectivity index (χ0v) is 19.2. The lowest BCUT2D eigenvalue weighted by Crippen LogP contribution is -2.07. The van der Waals surface area contributed by atoms with Crippen LogP contribution < -0.4 is 19.5 Å². The van der Waals surface area contributed by atoms with E-state index in [1.54, 1.807) is 36.4 Å². The van der Waals surface area contributed by atoms with Crippen LogP contribution in [0.25, 0.3) is 6.08 Å². The number of ether oxygens (including phenoxy) is 3. The molecule has 32 heavy (non-hydrogen) atoms. The third kappa shape index (κ3) is 5.62. The van der Waals surface area contributed by atoms with Gasteiger partial charge in [0.2, 0.25) is 16.8 Å². The summed E-state index contributed by atoms with van der Waals surface area (Å²) >= 11 is 0.998. The highest BCUT2D eigenvalue weighted by Crippen LogP contribution is 2.38. The van der Waals surface area contributed by atoms with Crippen molar-refractivity contribution in [3.05, 3.63) is 59.1 Å². The molecule has 11 heteroatoms. The summed E-state index contributed by atoms with van der Waals surface area (Å²) in [7, 11) is 0.963. The summed E-state index contributed by atoms with van der Waals surface area (Å²) in [5, 5.41) is 10.8. The number of nitrogens with zero attached hydrogens (tertiary/aromatic N) is 2. The fourth-order valence-electron chi connectivity index (χ4n) is 2.75. The van der Waals surface area contributed by atoms with Crippen molar-refractivity contribution in [1.29, 1.82) is 0 Å². The van der Waals surface area contributed by atoms with Crippen LogP contribution in [0.4, 0.5) is 5.13 Å². The maximum Gasteiger partial charge on any atom is 0.250 e. The number of rotatable bonds is 9. The molecule has 0 aliphatic heterocycles. The molecule has 1 aromatic heterocycles. The van der Waals surface area contributed by atoms with Crippen LogP contribution in [0.5, 0.6) is 17.2 Å². The first-order valence-electron chi connectivity index (χ1n) is 9.25. The summed E-state index contributed by atoms with van der Waals surface area (Å²) in [4.78, 5) is 12.5. The van der Waals surface area contributed by atoms with Crippen molar-refractivity contribution in [2.75, 3.05) is 26.6 Å². The average molecular weight is 476 g/mol. The van der Waals surface area contributed by atoms with Gasteiger partial charge in [0, 0.05) is 6.08 Å². The first-order chi connectivity index (χ1) is 15.4. The summed E-state index contributed by atoms with van der Waals surface area (Å²) in [5.74, 6) is 0.614. The molecule has 1 heterocycles. The van der Waals surface area contributed by atoms with Crippen molar-refractivity contribution in [2.24, 2.45) is 0 Å². The molecule has 0 saturated carbocycles. The topological polar surface area (TPSA) is 117 Å². The van der Waals surface area contributed by atoms with Crippen molar-refractivity contribution in [2.45, 2.75) is 10.6 Å². The Labute approximate surface area is 189 Å². The summed E-state index contributed by atoms with van der Waals surface area (Å²) < 4.78 is 40.8. The highest BCUT2D eigenvalue weighted by atomic mass is 32.2. The summed E-state index contributed by atoms with van der Waals surface area (Å²) in [5.41, 5.74) is 0.654. The van der Waals surface area contributed by atoms with Gasteiger partial charge in [-0.25, -0.2) is 8.42 Å². The second-order valence-electron chi connectivity index (χ2n) is 6.35. The summed E-state index contributed by atoms with van der Waals surface area (Å²) in [6.45, 7) is 0. The number of benzene rings is 2. The third-order valence-corrected chi connectivity index (χ3v) is 6.89. The number of carbonyl (C=O) groups excluding carboxylic acids is 1. The molecule has 0 bridgehead atoms. The van der Waals surface area contributed by atoms with Gasteiger partial charge in [-0.1, -0.05) is 29.5 Å². The molecule has 3 rings (SSSR count). The monoisotopic (exact) mass is 475 g/mol. The van der Waals surface area contributed by atoms with E-state index in [9.17, 15) is 13.2 Å². The van der Waals surface area contributed by atoms with Crippen molar-refractivity contribution in [1.82, 2.24) is 10.2 Å². The van der Waals surface area contributed by atoms with Crippen LogP contribution in [0, 0.1) is 0 Å². The van der Waals surface area contributed by atoms with Crippen LogP contribution in [0.15, 0.2) is 53.4 Å². The van der Waals surface area contributed by atoms with Gasteiger partial charge in [0.15, 0.2) is 21.3 Å². The first kappa shape index (κ1) is 23.2. The summed E-state index contributed by atoms with van der Waals surface area (Å²) in [6.07, 6.45) is 2.88. The van der Waals surface area contributed by atoms with E-state index in [1.165, 1.54) is 39.5 Å². The van der Waals surface area contributed by atoms with E-state index in [0.29, 0.717) is 22.8 Å². The van der Waals surface area contributed by atoms with Gasteiger partial charge in [0.1, 0.15) is 10.8 Å². The van der Waals surface area contributed by atoms with Gasteiger partial charge < -0.3 is 14.2 Å². The lowest BCUT2D eigenvalue weighted by molar-refractivity contribution is -0.111. The molecule has 1 N–H and O–H groups in total. The molecule has 1 amide bonds. The van der Waals surface area contributed by atoms with E-state index in [-0.39, 0.29) is 20.8 Å². The normalized spacial score (nSPS) is 11.3. The Morgan fingerprint density at radius 1 is 1.03 bits per heavy atom. The van der Waals surface area contributed by atoms with E-state index in [1.807, 2.05) is 0 Å². The van der Waals surface area contributed by atoms with Gasteiger partial charge in [0.05, 0.1) is 26.2 Å². The maximum absolute atomic E-state index is 12.5. The number of amides is 1. The Morgan fingerprint density at radius 3 is 2.28 bits per heavy atom. The van der Waals surface area contributed by atoms with Crippen molar-refractivity contribution < 1.29 is 27.4 Å². The van der Waals surface area contributed by atoms with Crippen LogP contribution in [0.1, 0.15) is 10.6 Å². The number of aromatic nitrogens is 2. The molecule has 9 nitrogen and oxygen atoms in total. The second-order valence-corrected chi connectivity index (χ2v) is 9.41. The van der Waals surface area contributed by atoms with Crippen LogP contribution >= 0.6 is 11.3 Å². The van der Waals surface area contributed by atoms with E-state index < -0.39 is 15.7 Å². The number of hydrogen-bond donors (Lipinski definition) is 1. The molecule has 0 spiro atoms. The Bertz CT molecular complexity index is 1200. The number of anilines is 1. The Balaban J connectivity index is 1.67. The maximum atomic E-state index is 12.5.